The van der Waals surface area contributed by atoms with Crippen molar-refractivity contribution >= 4 is 23.2 Å². The van der Waals surface area contributed by atoms with Crippen molar-refractivity contribution in [3.63, 3.8) is 0 Å². The first-order chi connectivity index (χ1) is 13.5. The molecule has 1 aromatic heterocycles. The van der Waals surface area contributed by atoms with Crippen LogP contribution >= 0.6 is 11.3 Å². The molecule has 8 heteroatoms. The molecule has 2 aromatic rings. The van der Waals surface area contributed by atoms with Gasteiger partial charge in [0, 0.05) is 31.1 Å². The van der Waals surface area contributed by atoms with Crippen molar-refractivity contribution < 1.29 is 23.8 Å². The summed E-state index contributed by atoms with van der Waals surface area (Å²) in [7, 11) is 6.36. The number of likely N-dealkylation sites (N-methyl/N-ethyl adjacent to an activating group) is 1. The summed E-state index contributed by atoms with van der Waals surface area (Å²) in [5, 5.41) is 4.86. The summed E-state index contributed by atoms with van der Waals surface area (Å²) in [4.78, 5) is 28.8. The lowest BCUT2D eigenvalue weighted by Crippen LogP contribution is -2.45. The second-order valence-electron chi connectivity index (χ2n) is 6.43. The van der Waals surface area contributed by atoms with Crippen LogP contribution in [0.5, 0.6) is 11.5 Å². The summed E-state index contributed by atoms with van der Waals surface area (Å²) >= 11 is 1.52. The molecule has 28 heavy (non-hydrogen) atoms. The third-order valence-electron chi connectivity index (χ3n) is 4.90. The number of nitrogens with one attached hydrogen (secondary N) is 1. The van der Waals surface area contributed by atoms with Crippen LogP contribution in [0.2, 0.25) is 0 Å². The van der Waals surface area contributed by atoms with Crippen LogP contribution in [0, 0.1) is 0 Å². The molecule has 1 N–H and O–H groups in total. The Hall–Kier alpha value is -2.58. The molecule has 0 spiro atoms. The van der Waals surface area contributed by atoms with E-state index in [1.54, 1.807) is 31.2 Å². The van der Waals surface area contributed by atoms with E-state index in [2.05, 4.69) is 5.32 Å². The lowest BCUT2D eigenvalue weighted by atomic mass is 9.81. The highest BCUT2D eigenvalue weighted by atomic mass is 32.1. The van der Waals surface area contributed by atoms with Crippen molar-refractivity contribution in [2.75, 3.05) is 41.5 Å². The number of benzene rings is 1. The van der Waals surface area contributed by atoms with Crippen LogP contribution in [0.15, 0.2) is 29.6 Å². The van der Waals surface area contributed by atoms with Gasteiger partial charge in [-0.1, -0.05) is 6.07 Å². The van der Waals surface area contributed by atoms with Gasteiger partial charge in [0.2, 0.25) is 5.91 Å². The Bertz CT molecular complexity index is 853. The zero-order chi connectivity index (χ0) is 20.3. The summed E-state index contributed by atoms with van der Waals surface area (Å²) in [5.41, 5.74) is 1.08. The van der Waals surface area contributed by atoms with Gasteiger partial charge < -0.3 is 24.4 Å². The van der Waals surface area contributed by atoms with Crippen molar-refractivity contribution in [1.82, 2.24) is 10.2 Å². The molecule has 0 saturated carbocycles. The van der Waals surface area contributed by atoms with Crippen LogP contribution in [0.25, 0.3) is 0 Å². The summed E-state index contributed by atoms with van der Waals surface area (Å²) in [6.07, 6.45) is 0. The van der Waals surface area contributed by atoms with Crippen LogP contribution in [0.3, 0.4) is 0 Å². The molecule has 0 bridgehead atoms. The quantitative estimate of drug-likeness (QED) is 0.718. The number of thiophene rings is 1. The standard InChI is InChI=1S/C20H24N2O5S/c1-22-18(16-6-5-9-28-16)17(19(23)21-7-8-25-2)12-10-14(26-3)15(27-4)11-13(12)20(22)24/h5-6,9-11,17-18H,7-8H2,1-4H3,(H,21,23)/t17-,18+/m1/s1. The molecule has 2 atom stereocenters. The number of ether oxygens (including phenoxy) is 3. The summed E-state index contributed by atoms with van der Waals surface area (Å²) in [6.45, 7) is 0.805. The average molecular weight is 404 g/mol. The fourth-order valence-electron chi connectivity index (χ4n) is 3.53. The molecule has 1 aliphatic rings. The van der Waals surface area contributed by atoms with Gasteiger partial charge in [-0.2, -0.15) is 0 Å². The maximum atomic E-state index is 13.2. The number of carbonyl (C=O) groups excluding carboxylic acids is 2. The van der Waals surface area contributed by atoms with Crippen molar-refractivity contribution in [3.8, 4) is 11.5 Å². The first-order valence-corrected chi connectivity index (χ1v) is 9.74. The number of fused-ring (bicyclic) bond motifs is 1. The molecule has 0 saturated heterocycles. The zero-order valence-corrected chi connectivity index (χ0v) is 17.2. The minimum Gasteiger partial charge on any atom is -0.493 e. The maximum Gasteiger partial charge on any atom is 0.254 e. The highest BCUT2D eigenvalue weighted by Crippen LogP contribution is 2.46. The van der Waals surface area contributed by atoms with Crippen molar-refractivity contribution in [3.05, 3.63) is 45.6 Å². The monoisotopic (exact) mass is 404 g/mol. The average Bonchev–Trinajstić information content (AvgIpc) is 3.23. The van der Waals surface area contributed by atoms with Crippen LogP contribution in [-0.2, 0) is 9.53 Å². The Labute approximate surface area is 168 Å². The molecule has 0 aliphatic carbocycles. The molecule has 1 aromatic carbocycles. The number of nitrogens with zero attached hydrogens (tertiary/aromatic N) is 1. The van der Waals surface area contributed by atoms with Crippen LogP contribution in [0.1, 0.15) is 32.8 Å². The lowest BCUT2D eigenvalue weighted by Gasteiger charge is -2.39. The molecule has 7 nitrogen and oxygen atoms in total. The SMILES string of the molecule is COCCNC(=O)[C@@H]1c2cc(OC)c(OC)cc2C(=O)N(C)[C@H]1c1cccs1. The maximum absolute atomic E-state index is 13.2. The number of hydrogen-bond acceptors (Lipinski definition) is 6. The van der Waals surface area contributed by atoms with Gasteiger partial charge in [-0.3, -0.25) is 9.59 Å². The van der Waals surface area contributed by atoms with Gasteiger partial charge in [0.05, 0.1) is 32.8 Å². The van der Waals surface area contributed by atoms with E-state index in [0.29, 0.717) is 35.8 Å². The summed E-state index contributed by atoms with van der Waals surface area (Å²) in [6, 6.07) is 6.84. The first kappa shape index (κ1) is 20.2. The lowest BCUT2D eigenvalue weighted by molar-refractivity contribution is -0.124. The Kier molecular flexibility index (Phi) is 6.21. The summed E-state index contributed by atoms with van der Waals surface area (Å²) in [5.74, 6) is 0.0425. The third-order valence-corrected chi connectivity index (χ3v) is 5.84. The van der Waals surface area contributed by atoms with Gasteiger partial charge in [0.25, 0.3) is 5.91 Å². The highest BCUT2D eigenvalue weighted by Gasteiger charge is 2.43. The van der Waals surface area contributed by atoms with E-state index in [9.17, 15) is 9.59 Å². The van der Waals surface area contributed by atoms with E-state index in [1.807, 2.05) is 17.5 Å². The minimum atomic E-state index is -0.576. The van der Waals surface area contributed by atoms with E-state index >= 15 is 0 Å². The number of carbonyl (C=O) groups is 2. The van der Waals surface area contributed by atoms with Crippen LogP contribution in [0.4, 0.5) is 0 Å². The Balaban J connectivity index is 2.13. The smallest absolute Gasteiger partial charge is 0.254 e. The number of methoxy groups -OCH3 is 3. The molecule has 2 amide bonds. The molecule has 0 radical (unpaired) electrons. The topological polar surface area (TPSA) is 77.1 Å². The van der Waals surface area contributed by atoms with Crippen LogP contribution < -0.4 is 14.8 Å². The van der Waals surface area contributed by atoms with Crippen molar-refractivity contribution in [2.24, 2.45) is 0 Å². The fraction of sp³-hybridized carbons (Fsp3) is 0.400. The molecule has 0 fully saturated rings. The molecular weight excluding hydrogens is 380 g/mol. The Morgan fingerprint density at radius 3 is 2.54 bits per heavy atom. The number of amides is 2. The van der Waals surface area contributed by atoms with E-state index in [4.69, 9.17) is 14.2 Å². The molecule has 2 heterocycles. The number of hydrogen-bond donors (Lipinski definition) is 1. The van der Waals surface area contributed by atoms with Gasteiger partial charge in [-0.05, 0) is 29.1 Å². The Morgan fingerprint density at radius 1 is 1.21 bits per heavy atom. The van der Waals surface area contributed by atoms with E-state index in [0.717, 1.165) is 4.88 Å². The van der Waals surface area contributed by atoms with E-state index in [1.165, 1.54) is 25.6 Å². The molecular formula is C20H24N2O5S. The number of rotatable bonds is 7. The van der Waals surface area contributed by atoms with Gasteiger partial charge in [0.15, 0.2) is 11.5 Å². The zero-order valence-electron chi connectivity index (χ0n) is 16.4. The second kappa shape index (κ2) is 8.62. The molecule has 1 aliphatic heterocycles. The van der Waals surface area contributed by atoms with Gasteiger partial charge in [-0.25, -0.2) is 0 Å². The van der Waals surface area contributed by atoms with Crippen LogP contribution in [-0.4, -0.2) is 58.2 Å². The predicted octanol–water partition coefficient (Wildman–Crippen LogP) is 2.44. The highest BCUT2D eigenvalue weighted by molar-refractivity contribution is 7.10. The van der Waals surface area contributed by atoms with Crippen molar-refractivity contribution in [2.45, 2.75) is 12.0 Å². The predicted molar refractivity (Wildman–Crippen MR) is 106 cm³/mol. The molecule has 0 unspecified atom stereocenters. The fourth-order valence-corrected chi connectivity index (χ4v) is 4.44. The van der Waals surface area contributed by atoms with Gasteiger partial charge >= 0.3 is 0 Å². The summed E-state index contributed by atoms with van der Waals surface area (Å²) < 4.78 is 15.8. The Morgan fingerprint density at radius 2 is 1.93 bits per heavy atom. The van der Waals surface area contributed by atoms with Crippen molar-refractivity contribution in [1.29, 1.82) is 0 Å². The second-order valence-corrected chi connectivity index (χ2v) is 7.41. The van der Waals surface area contributed by atoms with E-state index < -0.39 is 12.0 Å². The minimum absolute atomic E-state index is 0.157. The molecule has 3 rings (SSSR count). The largest absolute Gasteiger partial charge is 0.493 e. The molecule has 150 valence electrons. The van der Waals surface area contributed by atoms with Gasteiger partial charge in [0.1, 0.15) is 0 Å². The van der Waals surface area contributed by atoms with Gasteiger partial charge in [-0.15, -0.1) is 11.3 Å². The van der Waals surface area contributed by atoms with E-state index in [-0.39, 0.29) is 11.8 Å². The normalized spacial score (nSPS) is 18.6. The first-order valence-electron chi connectivity index (χ1n) is 8.86. The third kappa shape index (κ3) is 3.57.